The Kier molecular flexibility index (Phi) is 3.69. The Hall–Kier alpha value is -0.970. The predicted molar refractivity (Wildman–Crippen MR) is 33.6 cm³/mol. The minimum atomic E-state index is 0.704. The summed E-state index contributed by atoms with van der Waals surface area (Å²) in [5, 5.41) is 3.56. The fraction of sp³-hybridized carbons (Fsp3) is 0.500. The summed E-state index contributed by atoms with van der Waals surface area (Å²) in [6.45, 7) is 3.55. The second kappa shape index (κ2) is 4.20. The van der Waals surface area contributed by atoms with Crippen LogP contribution in [0.5, 0.6) is 0 Å². The molecule has 0 bridgehead atoms. The summed E-state index contributed by atoms with van der Waals surface area (Å²) in [7, 11) is 1.50. The molecule has 2 heteroatoms. The van der Waals surface area contributed by atoms with Gasteiger partial charge in [-0.15, -0.1) is 0 Å². The topological polar surface area (TPSA) is 21.6 Å². The molecule has 0 aromatic heterocycles. The van der Waals surface area contributed by atoms with Crippen LogP contribution in [0.15, 0.2) is 5.16 Å². The summed E-state index contributed by atoms with van der Waals surface area (Å²) in [5.41, 5.74) is 0.704. The molecule has 0 amide bonds. The van der Waals surface area contributed by atoms with Crippen molar-refractivity contribution in [3.05, 3.63) is 0 Å². The third-order valence-corrected chi connectivity index (χ3v) is 0.534. The van der Waals surface area contributed by atoms with Gasteiger partial charge < -0.3 is 4.84 Å². The molecule has 0 saturated carbocycles. The first-order chi connectivity index (χ1) is 3.81. The molecule has 0 aliphatic heterocycles. The average Bonchev–Trinajstić information content (AvgIpc) is 1.68. The molecule has 0 aliphatic rings. The van der Waals surface area contributed by atoms with E-state index in [2.05, 4.69) is 21.8 Å². The van der Waals surface area contributed by atoms with E-state index in [0.717, 1.165) is 0 Å². The van der Waals surface area contributed by atoms with Gasteiger partial charge in [-0.2, -0.15) is 0 Å². The molecule has 8 heavy (non-hydrogen) atoms. The molecule has 0 saturated heterocycles. The smallest absolute Gasteiger partial charge is 0.126 e. The molecule has 0 N–H and O–H groups in total. The molecule has 0 unspecified atom stereocenters. The molecule has 0 aromatic carbocycles. The van der Waals surface area contributed by atoms with E-state index in [4.69, 9.17) is 0 Å². The van der Waals surface area contributed by atoms with E-state index in [1.807, 2.05) is 0 Å². The quantitative estimate of drug-likeness (QED) is 0.281. The summed E-state index contributed by atoms with van der Waals surface area (Å²) in [5.74, 6) is 5.41. The summed E-state index contributed by atoms with van der Waals surface area (Å²) in [6.07, 6.45) is 0. The zero-order valence-electron chi connectivity index (χ0n) is 5.36. The van der Waals surface area contributed by atoms with Gasteiger partial charge in [-0.1, -0.05) is 11.1 Å². The minimum Gasteiger partial charge on any atom is -0.398 e. The lowest BCUT2D eigenvalue weighted by Gasteiger charge is -1.83. The molecular formula is C6H9NO. The zero-order chi connectivity index (χ0) is 6.41. The summed E-state index contributed by atoms with van der Waals surface area (Å²) in [6, 6.07) is 0. The highest BCUT2D eigenvalue weighted by Crippen LogP contribution is 1.73. The van der Waals surface area contributed by atoms with Gasteiger partial charge >= 0.3 is 0 Å². The fourth-order valence-corrected chi connectivity index (χ4v) is 0.341. The van der Waals surface area contributed by atoms with Crippen LogP contribution in [0.2, 0.25) is 0 Å². The maximum atomic E-state index is 4.44. The number of rotatable bonds is 1. The van der Waals surface area contributed by atoms with Gasteiger partial charge in [0, 0.05) is 0 Å². The van der Waals surface area contributed by atoms with E-state index in [9.17, 15) is 0 Å². The van der Waals surface area contributed by atoms with Crippen LogP contribution < -0.4 is 0 Å². The fourth-order valence-electron chi connectivity index (χ4n) is 0.341. The lowest BCUT2D eigenvalue weighted by Crippen LogP contribution is -1.84. The monoisotopic (exact) mass is 111 g/mol. The number of nitrogens with zero attached hydrogens (tertiary/aromatic N) is 1. The molecule has 0 heterocycles. The summed E-state index contributed by atoms with van der Waals surface area (Å²) < 4.78 is 0. The van der Waals surface area contributed by atoms with Crippen LogP contribution in [0.4, 0.5) is 0 Å². The Morgan fingerprint density at radius 2 is 2.25 bits per heavy atom. The van der Waals surface area contributed by atoms with E-state index in [-0.39, 0.29) is 0 Å². The van der Waals surface area contributed by atoms with Crippen molar-refractivity contribution in [2.75, 3.05) is 7.11 Å². The van der Waals surface area contributed by atoms with E-state index < -0.39 is 0 Å². The Morgan fingerprint density at radius 3 is 2.62 bits per heavy atom. The number of oxime groups is 1. The second-order valence-electron chi connectivity index (χ2n) is 1.23. The first-order valence-electron chi connectivity index (χ1n) is 2.31. The minimum absolute atomic E-state index is 0.704. The SMILES string of the molecule is CC#C/C(C)=N/OC. The molecule has 2 nitrogen and oxygen atoms in total. The van der Waals surface area contributed by atoms with Gasteiger partial charge in [0.05, 0.1) is 0 Å². The number of hydrogen-bond donors (Lipinski definition) is 0. The Balaban J connectivity index is 3.74. The van der Waals surface area contributed by atoms with E-state index in [1.165, 1.54) is 7.11 Å². The zero-order valence-corrected chi connectivity index (χ0v) is 5.36. The van der Waals surface area contributed by atoms with Gasteiger partial charge in [0.1, 0.15) is 12.8 Å². The lowest BCUT2D eigenvalue weighted by molar-refractivity contribution is 0.214. The molecule has 0 fully saturated rings. The predicted octanol–water partition coefficient (Wildman–Crippen LogP) is 1.03. The highest BCUT2D eigenvalue weighted by atomic mass is 16.6. The Bertz CT molecular complexity index is 138. The Morgan fingerprint density at radius 1 is 1.62 bits per heavy atom. The molecule has 0 aliphatic carbocycles. The molecule has 0 spiro atoms. The molecule has 0 aromatic rings. The molecule has 44 valence electrons. The van der Waals surface area contributed by atoms with Gasteiger partial charge in [0.25, 0.3) is 0 Å². The van der Waals surface area contributed by atoms with Gasteiger partial charge in [0.15, 0.2) is 0 Å². The first-order valence-corrected chi connectivity index (χ1v) is 2.31. The average molecular weight is 111 g/mol. The lowest BCUT2D eigenvalue weighted by atomic mass is 10.4. The van der Waals surface area contributed by atoms with Crippen LogP contribution in [-0.2, 0) is 4.84 Å². The van der Waals surface area contributed by atoms with E-state index in [1.54, 1.807) is 13.8 Å². The van der Waals surface area contributed by atoms with Gasteiger partial charge in [-0.25, -0.2) is 0 Å². The van der Waals surface area contributed by atoms with Crippen molar-refractivity contribution in [1.29, 1.82) is 0 Å². The van der Waals surface area contributed by atoms with Crippen LogP contribution in [-0.4, -0.2) is 12.8 Å². The highest BCUT2D eigenvalue weighted by Gasteiger charge is 1.76. The summed E-state index contributed by atoms with van der Waals surface area (Å²) >= 11 is 0. The van der Waals surface area contributed by atoms with Crippen molar-refractivity contribution in [3.8, 4) is 11.8 Å². The molecule has 0 radical (unpaired) electrons. The van der Waals surface area contributed by atoms with Gasteiger partial charge in [0.2, 0.25) is 0 Å². The molecule has 0 rings (SSSR count). The van der Waals surface area contributed by atoms with E-state index >= 15 is 0 Å². The standard InChI is InChI=1S/C6H9NO/c1-4-5-6(2)7-8-3/h1-3H3/b7-6+. The molecular weight excluding hydrogens is 102 g/mol. The van der Waals surface area contributed by atoms with Crippen LogP contribution in [0.3, 0.4) is 0 Å². The van der Waals surface area contributed by atoms with Crippen molar-refractivity contribution in [2.45, 2.75) is 13.8 Å². The van der Waals surface area contributed by atoms with E-state index in [0.29, 0.717) is 5.71 Å². The van der Waals surface area contributed by atoms with Crippen LogP contribution in [0, 0.1) is 11.8 Å². The third-order valence-electron chi connectivity index (χ3n) is 0.534. The van der Waals surface area contributed by atoms with Gasteiger partial charge in [-0.3, -0.25) is 0 Å². The third kappa shape index (κ3) is 3.23. The second-order valence-corrected chi connectivity index (χ2v) is 1.23. The largest absolute Gasteiger partial charge is 0.398 e. The van der Waals surface area contributed by atoms with Crippen molar-refractivity contribution in [1.82, 2.24) is 0 Å². The normalized spacial score (nSPS) is 9.62. The summed E-state index contributed by atoms with van der Waals surface area (Å²) in [4.78, 5) is 4.44. The molecule has 0 atom stereocenters. The Labute approximate surface area is 49.5 Å². The van der Waals surface area contributed by atoms with Crippen molar-refractivity contribution >= 4 is 5.71 Å². The van der Waals surface area contributed by atoms with Crippen molar-refractivity contribution in [2.24, 2.45) is 5.16 Å². The van der Waals surface area contributed by atoms with Crippen LogP contribution in [0.25, 0.3) is 0 Å². The van der Waals surface area contributed by atoms with Crippen LogP contribution in [0.1, 0.15) is 13.8 Å². The van der Waals surface area contributed by atoms with Crippen LogP contribution >= 0.6 is 0 Å². The number of hydrogen-bond acceptors (Lipinski definition) is 2. The first kappa shape index (κ1) is 7.03. The highest BCUT2D eigenvalue weighted by molar-refractivity contribution is 5.97. The van der Waals surface area contributed by atoms with Crippen molar-refractivity contribution < 1.29 is 4.84 Å². The maximum absolute atomic E-state index is 4.44. The van der Waals surface area contributed by atoms with Gasteiger partial charge in [-0.05, 0) is 19.8 Å². The van der Waals surface area contributed by atoms with Crippen molar-refractivity contribution in [3.63, 3.8) is 0 Å². The maximum Gasteiger partial charge on any atom is 0.126 e.